The Labute approximate surface area is 147 Å². The number of benzene rings is 1. The van der Waals surface area contributed by atoms with Gasteiger partial charge in [-0.25, -0.2) is 0 Å². The highest BCUT2D eigenvalue weighted by Crippen LogP contribution is 2.23. The van der Waals surface area contributed by atoms with Crippen molar-refractivity contribution in [2.24, 2.45) is 5.92 Å². The van der Waals surface area contributed by atoms with Crippen molar-refractivity contribution >= 4 is 28.4 Å². The van der Waals surface area contributed by atoms with Crippen molar-refractivity contribution in [2.75, 3.05) is 6.54 Å². The van der Waals surface area contributed by atoms with Gasteiger partial charge in [-0.3, -0.25) is 15.6 Å². The van der Waals surface area contributed by atoms with E-state index in [-0.39, 0.29) is 5.91 Å². The van der Waals surface area contributed by atoms with E-state index in [1.807, 2.05) is 24.4 Å². The molecule has 1 aromatic carbocycles. The van der Waals surface area contributed by atoms with Crippen molar-refractivity contribution in [3.8, 4) is 0 Å². The predicted octanol–water partition coefficient (Wildman–Crippen LogP) is 2.76. The fraction of sp³-hybridized carbons (Fsp3) is 0.500. The van der Waals surface area contributed by atoms with Gasteiger partial charge >= 0.3 is 0 Å². The number of hydrogen-bond donors (Lipinski definition) is 4. The van der Waals surface area contributed by atoms with E-state index in [9.17, 15) is 4.79 Å². The zero-order valence-electron chi connectivity index (χ0n) is 14.2. The zero-order chi connectivity index (χ0) is 17.1. The molecule has 2 heterocycles. The first-order chi connectivity index (χ1) is 11.5. The number of nitrogens with one attached hydrogen (secondary N) is 4. The summed E-state index contributed by atoms with van der Waals surface area (Å²) in [7, 11) is 0. The normalized spacial score (nSPS) is 23.7. The number of fused-ring (bicyclic) bond motifs is 1. The first-order valence-electron chi connectivity index (χ1n) is 8.58. The fourth-order valence-electron chi connectivity index (χ4n) is 3.49. The monoisotopic (exact) mass is 348 g/mol. The Bertz CT molecular complexity index is 704. The van der Waals surface area contributed by atoms with Crippen molar-refractivity contribution in [3.63, 3.8) is 0 Å². The number of carbonyl (C=O) groups is 1. The maximum atomic E-state index is 12.1. The van der Waals surface area contributed by atoms with Crippen molar-refractivity contribution in [2.45, 2.75) is 45.2 Å². The number of amides is 1. The van der Waals surface area contributed by atoms with E-state index in [0.29, 0.717) is 31.0 Å². The minimum Gasteiger partial charge on any atom is -0.361 e. The smallest absolute Gasteiger partial charge is 0.220 e. The summed E-state index contributed by atoms with van der Waals surface area (Å²) >= 11 is 6.07. The number of rotatable bonds is 6. The summed E-state index contributed by atoms with van der Waals surface area (Å²) < 4.78 is 0. The molecule has 5 nitrogen and oxygen atoms in total. The van der Waals surface area contributed by atoms with Gasteiger partial charge in [0, 0.05) is 47.2 Å². The highest BCUT2D eigenvalue weighted by Gasteiger charge is 2.29. The molecule has 0 spiro atoms. The molecule has 1 aliphatic rings. The predicted molar refractivity (Wildman–Crippen MR) is 97.9 cm³/mol. The summed E-state index contributed by atoms with van der Waals surface area (Å²) in [5, 5.41) is 4.89. The topological polar surface area (TPSA) is 68.9 Å². The van der Waals surface area contributed by atoms with Crippen LogP contribution in [-0.2, 0) is 11.2 Å². The molecule has 2 aromatic rings. The van der Waals surface area contributed by atoms with E-state index < -0.39 is 0 Å². The number of hydrogen-bond acceptors (Lipinski definition) is 3. The summed E-state index contributed by atoms with van der Waals surface area (Å²) in [5.74, 6) is 0.616. The molecule has 1 aromatic heterocycles. The summed E-state index contributed by atoms with van der Waals surface area (Å²) in [4.78, 5) is 15.3. The SMILES string of the molecule is CC1NNC(C)C1CCC(=O)NCCc1c[nH]c2ccc(Cl)cc12. The van der Waals surface area contributed by atoms with E-state index in [1.54, 1.807) is 0 Å². The largest absolute Gasteiger partial charge is 0.361 e. The molecule has 130 valence electrons. The number of aromatic nitrogens is 1. The third-order valence-electron chi connectivity index (χ3n) is 4.97. The second-order valence-electron chi connectivity index (χ2n) is 6.67. The third kappa shape index (κ3) is 3.91. The molecule has 0 bridgehead atoms. The maximum absolute atomic E-state index is 12.1. The number of carbonyl (C=O) groups excluding carboxylic acids is 1. The second-order valence-corrected chi connectivity index (χ2v) is 7.11. The van der Waals surface area contributed by atoms with Crippen molar-refractivity contribution < 1.29 is 4.79 Å². The van der Waals surface area contributed by atoms with Gasteiger partial charge in [0.15, 0.2) is 0 Å². The van der Waals surface area contributed by atoms with Crippen LogP contribution in [0.4, 0.5) is 0 Å². The summed E-state index contributed by atoms with van der Waals surface area (Å²) in [6.07, 6.45) is 4.26. The Kier molecular flexibility index (Phi) is 5.43. The fourth-order valence-corrected chi connectivity index (χ4v) is 3.66. The molecule has 0 radical (unpaired) electrons. The minimum absolute atomic E-state index is 0.124. The quantitative estimate of drug-likeness (QED) is 0.649. The molecule has 0 aliphatic carbocycles. The molecule has 1 aliphatic heterocycles. The molecule has 3 rings (SSSR count). The van der Waals surface area contributed by atoms with E-state index in [1.165, 1.54) is 5.56 Å². The summed E-state index contributed by atoms with van der Waals surface area (Å²) in [6, 6.07) is 6.63. The molecular formula is C18H25ClN4O. The first kappa shape index (κ1) is 17.3. The van der Waals surface area contributed by atoms with Crippen LogP contribution < -0.4 is 16.2 Å². The van der Waals surface area contributed by atoms with Crippen LogP contribution in [0.3, 0.4) is 0 Å². The molecule has 0 saturated carbocycles. The highest BCUT2D eigenvalue weighted by atomic mass is 35.5. The standard InChI is InChI=1S/C18H25ClN4O/c1-11-15(12(2)23-22-11)4-6-18(24)20-8-7-13-10-21-17-5-3-14(19)9-16(13)17/h3,5,9-12,15,21-23H,4,6-8H2,1-2H3,(H,20,24). The van der Waals surface area contributed by atoms with Crippen molar-refractivity contribution in [1.82, 2.24) is 21.2 Å². The van der Waals surface area contributed by atoms with Crippen LogP contribution in [0.5, 0.6) is 0 Å². The molecule has 2 unspecified atom stereocenters. The number of hydrazine groups is 1. The average molecular weight is 349 g/mol. The third-order valence-corrected chi connectivity index (χ3v) is 5.21. The molecule has 6 heteroatoms. The van der Waals surface area contributed by atoms with E-state index in [4.69, 9.17) is 11.6 Å². The molecule has 24 heavy (non-hydrogen) atoms. The van der Waals surface area contributed by atoms with Crippen LogP contribution in [0, 0.1) is 5.92 Å². The van der Waals surface area contributed by atoms with Gasteiger partial charge in [-0.05, 0) is 56.4 Å². The van der Waals surface area contributed by atoms with Crippen LogP contribution >= 0.6 is 11.6 Å². The number of H-pyrrole nitrogens is 1. The molecular weight excluding hydrogens is 324 g/mol. The Hall–Kier alpha value is -1.56. The van der Waals surface area contributed by atoms with Gasteiger partial charge in [0.1, 0.15) is 0 Å². The molecule has 4 N–H and O–H groups in total. The van der Waals surface area contributed by atoms with Crippen molar-refractivity contribution in [3.05, 3.63) is 35.0 Å². The van der Waals surface area contributed by atoms with Gasteiger partial charge in [-0.2, -0.15) is 0 Å². The van der Waals surface area contributed by atoms with Crippen LogP contribution in [0.2, 0.25) is 5.02 Å². The number of halogens is 1. The van der Waals surface area contributed by atoms with Crippen LogP contribution in [0.25, 0.3) is 10.9 Å². The highest BCUT2D eigenvalue weighted by molar-refractivity contribution is 6.31. The van der Waals surface area contributed by atoms with E-state index in [2.05, 4.69) is 35.0 Å². The van der Waals surface area contributed by atoms with Gasteiger partial charge < -0.3 is 10.3 Å². The summed E-state index contributed by atoms with van der Waals surface area (Å²) in [6.45, 7) is 4.95. The molecule has 1 fully saturated rings. The van der Waals surface area contributed by atoms with Crippen molar-refractivity contribution in [1.29, 1.82) is 0 Å². The lowest BCUT2D eigenvalue weighted by Crippen LogP contribution is -2.30. The van der Waals surface area contributed by atoms with E-state index >= 15 is 0 Å². The van der Waals surface area contributed by atoms with Crippen LogP contribution in [0.1, 0.15) is 32.3 Å². The first-order valence-corrected chi connectivity index (χ1v) is 8.95. The Balaban J connectivity index is 1.45. The minimum atomic E-state index is 0.124. The Morgan fingerprint density at radius 1 is 1.25 bits per heavy atom. The molecule has 1 saturated heterocycles. The van der Waals surface area contributed by atoms with Gasteiger partial charge in [-0.1, -0.05) is 11.6 Å². The molecule has 2 atom stereocenters. The lowest BCUT2D eigenvalue weighted by molar-refractivity contribution is -0.121. The lowest BCUT2D eigenvalue weighted by atomic mass is 9.91. The van der Waals surface area contributed by atoms with Gasteiger partial charge in [0.05, 0.1) is 0 Å². The van der Waals surface area contributed by atoms with Gasteiger partial charge in [0.25, 0.3) is 0 Å². The second kappa shape index (κ2) is 7.55. The van der Waals surface area contributed by atoms with Gasteiger partial charge in [0.2, 0.25) is 5.91 Å². The zero-order valence-corrected chi connectivity index (χ0v) is 14.9. The van der Waals surface area contributed by atoms with Gasteiger partial charge in [-0.15, -0.1) is 0 Å². The molecule has 1 amide bonds. The van der Waals surface area contributed by atoms with Crippen LogP contribution in [-0.4, -0.2) is 29.5 Å². The lowest BCUT2D eigenvalue weighted by Gasteiger charge is -2.17. The average Bonchev–Trinajstić information content (AvgIpc) is 3.09. The number of aromatic amines is 1. The maximum Gasteiger partial charge on any atom is 0.220 e. The van der Waals surface area contributed by atoms with Crippen LogP contribution in [0.15, 0.2) is 24.4 Å². The Morgan fingerprint density at radius 2 is 2.00 bits per heavy atom. The Morgan fingerprint density at radius 3 is 2.75 bits per heavy atom. The summed E-state index contributed by atoms with van der Waals surface area (Å²) in [5.41, 5.74) is 8.71. The van der Waals surface area contributed by atoms with E-state index in [0.717, 1.165) is 28.8 Å².